The number of unbranched alkanes of at least 4 members (excludes halogenated alkanes) is 1. The van der Waals surface area contributed by atoms with Gasteiger partial charge < -0.3 is 15.5 Å². The molecule has 0 aromatic heterocycles. The summed E-state index contributed by atoms with van der Waals surface area (Å²) in [5, 5.41) is 24.2. The highest BCUT2D eigenvalue weighted by Crippen LogP contribution is 2.29. The molecule has 3 atom stereocenters. The molecular formula is C18H26F2NO2. The summed E-state index contributed by atoms with van der Waals surface area (Å²) in [5.41, 5.74) is -0.246. The minimum Gasteiger partial charge on any atom is -0.391 e. The molecule has 1 aromatic rings. The molecule has 1 aromatic carbocycles. The normalized spacial score (nSPS) is 26.2. The van der Waals surface area contributed by atoms with Gasteiger partial charge in [-0.2, -0.15) is 0 Å². The molecule has 1 aliphatic heterocycles. The topological polar surface area (TPSA) is 52.5 Å². The number of benzene rings is 1. The third-order valence-electron chi connectivity index (χ3n) is 4.52. The van der Waals surface area contributed by atoms with Gasteiger partial charge in [0.15, 0.2) is 0 Å². The van der Waals surface area contributed by atoms with Crippen LogP contribution in [-0.2, 0) is 6.42 Å². The average Bonchev–Trinajstić information content (AvgIpc) is 2.50. The quantitative estimate of drug-likeness (QED) is 0.722. The summed E-state index contributed by atoms with van der Waals surface area (Å²) in [4.78, 5) is 0. The Morgan fingerprint density at radius 3 is 2.70 bits per heavy atom. The largest absolute Gasteiger partial charge is 0.391 e. The molecule has 1 radical (unpaired) electrons. The predicted molar refractivity (Wildman–Crippen MR) is 85.9 cm³/mol. The van der Waals surface area contributed by atoms with Crippen LogP contribution in [0.25, 0.3) is 0 Å². The molecule has 1 fully saturated rings. The second kappa shape index (κ2) is 8.18. The summed E-state index contributed by atoms with van der Waals surface area (Å²) in [6.45, 7) is 2.74. The highest BCUT2D eigenvalue weighted by atomic mass is 19.1. The van der Waals surface area contributed by atoms with Crippen molar-refractivity contribution in [1.29, 1.82) is 0 Å². The SMILES string of the molecule is CCCCC1(O)CCNC(C(O)[CH]Cc2cc(F)cc(F)c2)C1. The van der Waals surface area contributed by atoms with Gasteiger partial charge in [-0.25, -0.2) is 8.78 Å². The minimum atomic E-state index is -0.769. The van der Waals surface area contributed by atoms with E-state index in [4.69, 9.17) is 0 Å². The van der Waals surface area contributed by atoms with Gasteiger partial charge in [-0.05, 0) is 56.3 Å². The van der Waals surface area contributed by atoms with Crippen LogP contribution in [0.5, 0.6) is 0 Å². The van der Waals surface area contributed by atoms with Gasteiger partial charge in [-0.1, -0.05) is 19.8 Å². The zero-order valence-electron chi connectivity index (χ0n) is 13.6. The van der Waals surface area contributed by atoms with E-state index in [-0.39, 0.29) is 12.5 Å². The first kappa shape index (κ1) is 18.3. The van der Waals surface area contributed by atoms with Crippen LogP contribution in [0.4, 0.5) is 8.78 Å². The van der Waals surface area contributed by atoms with E-state index in [0.29, 0.717) is 24.9 Å². The van der Waals surface area contributed by atoms with Gasteiger partial charge in [0.1, 0.15) is 11.6 Å². The number of aliphatic hydroxyl groups excluding tert-OH is 1. The predicted octanol–water partition coefficient (Wildman–Crippen LogP) is 2.75. The van der Waals surface area contributed by atoms with Gasteiger partial charge in [0.2, 0.25) is 0 Å². The minimum absolute atomic E-state index is 0.232. The molecule has 1 heterocycles. The Bertz CT molecular complexity index is 492. The standard InChI is InChI=1S/C18H26F2NO2/c1-2-3-6-18(23)7-8-21-16(12-18)17(22)5-4-13-9-14(19)11-15(20)10-13/h5,9-11,16-17,21-23H,2-4,6-8,12H2,1H3. The van der Waals surface area contributed by atoms with E-state index in [1.54, 1.807) is 6.42 Å². The molecule has 3 N–H and O–H groups in total. The fourth-order valence-corrected chi connectivity index (χ4v) is 3.20. The van der Waals surface area contributed by atoms with E-state index in [1.165, 1.54) is 12.1 Å². The Morgan fingerprint density at radius 2 is 2.04 bits per heavy atom. The fourth-order valence-electron chi connectivity index (χ4n) is 3.20. The second-order valence-electron chi connectivity index (χ2n) is 6.55. The van der Waals surface area contributed by atoms with Crippen LogP contribution in [0.1, 0.15) is 44.6 Å². The molecular weight excluding hydrogens is 300 g/mol. The molecule has 1 saturated heterocycles. The zero-order valence-corrected chi connectivity index (χ0v) is 13.6. The van der Waals surface area contributed by atoms with Crippen molar-refractivity contribution < 1.29 is 19.0 Å². The van der Waals surface area contributed by atoms with Crippen LogP contribution < -0.4 is 5.32 Å². The fraction of sp³-hybridized carbons (Fsp3) is 0.611. The van der Waals surface area contributed by atoms with Crippen molar-refractivity contribution in [2.45, 2.75) is 63.2 Å². The molecule has 23 heavy (non-hydrogen) atoms. The number of hydrogen-bond donors (Lipinski definition) is 3. The molecule has 0 aliphatic carbocycles. The van der Waals surface area contributed by atoms with E-state index in [2.05, 4.69) is 12.2 Å². The lowest BCUT2D eigenvalue weighted by molar-refractivity contribution is -0.0305. The van der Waals surface area contributed by atoms with Crippen LogP contribution in [0.15, 0.2) is 18.2 Å². The highest BCUT2D eigenvalue weighted by Gasteiger charge is 2.36. The summed E-state index contributed by atoms with van der Waals surface area (Å²) in [6.07, 6.45) is 5.05. The third kappa shape index (κ3) is 5.52. The van der Waals surface area contributed by atoms with Gasteiger partial charge in [0.05, 0.1) is 11.7 Å². The molecule has 5 heteroatoms. The first-order valence-corrected chi connectivity index (χ1v) is 8.34. The molecule has 129 valence electrons. The highest BCUT2D eigenvalue weighted by molar-refractivity contribution is 5.20. The Labute approximate surface area is 136 Å². The van der Waals surface area contributed by atoms with Gasteiger partial charge >= 0.3 is 0 Å². The number of halogens is 2. The van der Waals surface area contributed by atoms with E-state index in [0.717, 1.165) is 25.3 Å². The van der Waals surface area contributed by atoms with Crippen molar-refractivity contribution in [2.75, 3.05) is 6.54 Å². The zero-order chi connectivity index (χ0) is 16.9. The summed E-state index contributed by atoms with van der Waals surface area (Å²) < 4.78 is 26.3. The van der Waals surface area contributed by atoms with Crippen LogP contribution in [0, 0.1) is 18.1 Å². The summed E-state index contributed by atoms with van der Waals surface area (Å²) in [7, 11) is 0. The number of nitrogens with one attached hydrogen (secondary N) is 1. The number of aliphatic hydroxyl groups is 2. The van der Waals surface area contributed by atoms with Gasteiger partial charge in [0, 0.05) is 12.1 Å². The lowest BCUT2D eigenvalue weighted by atomic mass is 9.81. The van der Waals surface area contributed by atoms with Crippen molar-refractivity contribution in [3.8, 4) is 0 Å². The first-order valence-electron chi connectivity index (χ1n) is 8.34. The molecule has 0 bridgehead atoms. The monoisotopic (exact) mass is 326 g/mol. The molecule has 0 saturated carbocycles. The van der Waals surface area contributed by atoms with Crippen molar-refractivity contribution >= 4 is 0 Å². The van der Waals surface area contributed by atoms with Gasteiger partial charge in [0.25, 0.3) is 0 Å². The van der Waals surface area contributed by atoms with Gasteiger partial charge in [-0.3, -0.25) is 0 Å². The smallest absolute Gasteiger partial charge is 0.126 e. The van der Waals surface area contributed by atoms with E-state index in [9.17, 15) is 19.0 Å². The molecule has 3 unspecified atom stereocenters. The lowest BCUT2D eigenvalue weighted by Crippen LogP contribution is -2.53. The van der Waals surface area contributed by atoms with Crippen molar-refractivity contribution in [3.63, 3.8) is 0 Å². The summed E-state index contributed by atoms with van der Waals surface area (Å²) in [5.74, 6) is -1.24. The molecule has 0 spiro atoms. The Hall–Kier alpha value is -1.04. The van der Waals surface area contributed by atoms with E-state index in [1.807, 2.05) is 0 Å². The molecule has 2 rings (SSSR count). The van der Waals surface area contributed by atoms with Crippen molar-refractivity contribution in [3.05, 3.63) is 41.8 Å². The van der Waals surface area contributed by atoms with Crippen LogP contribution in [0.3, 0.4) is 0 Å². The number of rotatable bonds is 7. The van der Waals surface area contributed by atoms with E-state index < -0.39 is 23.3 Å². The van der Waals surface area contributed by atoms with Crippen molar-refractivity contribution in [2.24, 2.45) is 0 Å². The summed E-state index contributed by atoms with van der Waals surface area (Å²) >= 11 is 0. The molecule has 0 amide bonds. The number of hydrogen-bond acceptors (Lipinski definition) is 3. The maximum Gasteiger partial charge on any atom is 0.126 e. The average molecular weight is 326 g/mol. The Morgan fingerprint density at radius 1 is 1.35 bits per heavy atom. The molecule has 1 aliphatic rings. The Balaban J connectivity index is 1.88. The van der Waals surface area contributed by atoms with E-state index >= 15 is 0 Å². The lowest BCUT2D eigenvalue weighted by Gasteiger charge is -2.39. The molecule has 3 nitrogen and oxygen atoms in total. The third-order valence-corrected chi connectivity index (χ3v) is 4.52. The number of piperidine rings is 1. The summed E-state index contributed by atoms with van der Waals surface area (Å²) in [6, 6.07) is 3.12. The Kier molecular flexibility index (Phi) is 6.50. The van der Waals surface area contributed by atoms with Crippen molar-refractivity contribution in [1.82, 2.24) is 5.32 Å². The van der Waals surface area contributed by atoms with Crippen LogP contribution >= 0.6 is 0 Å². The first-order chi connectivity index (χ1) is 10.9. The second-order valence-corrected chi connectivity index (χ2v) is 6.55. The maximum absolute atomic E-state index is 13.2. The van der Waals surface area contributed by atoms with Crippen LogP contribution in [0.2, 0.25) is 0 Å². The maximum atomic E-state index is 13.2. The van der Waals surface area contributed by atoms with Gasteiger partial charge in [-0.15, -0.1) is 0 Å². The van der Waals surface area contributed by atoms with Crippen LogP contribution in [-0.4, -0.2) is 34.5 Å².